The largest absolute Gasteiger partial charge is 0.503 e. The Morgan fingerprint density at radius 1 is 1.41 bits per heavy atom. The molecule has 4 nitrogen and oxygen atoms in total. The van der Waals surface area contributed by atoms with Crippen molar-refractivity contribution in [3.63, 3.8) is 0 Å². The number of nitrogens with zero attached hydrogens (tertiary/aromatic N) is 2. The molecule has 0 unspecified atom stereocenters. The first-order valence-corrected chi connectivity index (χ1v) is 10.1. The number of aliphatic imine (C=N–C) groups is 1. The molecule has 1 N–H and O–H groups in total. The van der Waals surface area contributed by atoms with E-state index in [0.29, 0.717) is 22.8 Å². The molecule has 142 valence electrons. The van der Waals surface area contributed by atoms with Crippen LogP contribution in [0.15, 0.2) is 17.1 Å². The van der Waals surface area contributed by atoms with Crippen molar-refractivity contribution in [1.29, 1.82) is 5.26 Å². The fourth-order valence-electron chi connectivity index (χ4n) is 3.47. The van der Waals surface area contributed by atoms with Crippen LogP contribution in [-0.2, 0) is 12.8 Å². The lowest BCUT2D eigenvalue weighted by atomic mass is 9.72. The SMILES string of the molecule is COc1cc(C=Nc2sc3c(c2C#N)CC[C@@H](C(C)(C)C)C3)cc(Cl)c1O. The Balaban J connectivity index is 1.93. The highest BCUT2D eigenvalue weighted by Gasteiger charge is 2.32. The number of fused-ring (bicyclic) bond motifs is 1. The molecule has 3 rings (SSSR count). The van der Waals surface area contributed by atoms with Gasteiger partial charge in [-0.2, -0.15) is 5.26 Å². The van der Waals surface area contributed by atoms with Crippen LogP contribution in [0.3, 0.4) is 0 Å². The van der Waals surface area contributed by atoms with Gasteiger partial charge in [0.15, 0.2) is 11.5 Å². The first-order chi connectivity index (χ1) is 12.7. The summed E-state index contributed by atoms with van der Waals surface area (Å²) in [5.74, 6) is 0.823. The highest BCUT2D eigenvalue weighted by molar-refractivity contribution is 7.16. The smallest absolute Gasteiger partial charge is 0.176 e. The second-order valence-electron chi connectivity index (χ2n) is 7.91. The van der Waals surface area contributed by atoms with Gasteiger partial charge in [0.05, 0.1) is 17.7 Å². The van der Waals surface area contributed by atoms with Gasteiger partial charge in [0.25, 0.3) is 0 Å². The molecule has 0 saturated carbocycles. The van der Waals surface area contributed by atoms with E-state index in [9.17, 15) is 10.4 Å². The van der Waals surface area contributed by atoms with Crippen molar-refractivity contribution in [1.82, 2.24) is 0 Å². The Bertz CT molecular complexity index is 935. The summed E-state index contributed by atoms with van der Waals surface area (Å²) in [6.07, 6.45) is 4.71. The van der Waals surface area contributed by atoms with E-state index in [-0.39, 0.29) is 16.2 Å². The maximum Gasteiger partial charge on any atom is 0.176 e. The fraction of sp³-hybridized carbons (Fsp3) is 0.429. The topological polar surface area (TPSA) is 65.6 Å². The summed E-state index contributed by atoms with van der Waals surface area (Å²) in [6.45, 7) is 6.84. The molecule has 0 spiro atoms. The summed E-state index contributed by atoms with van der Waals surface area (Å²) in [4.78, 5) is 5.84. The minimum Gasteiger partial charge on any atom is -0.503 e. The fourth-order valence-corrected chi connectivity index (χ4v) is 4.91. The Morgan fingerprint density at radius 3 is 2.78 bits per heavy atom. The molecule has 1 aromatic heterocycles. The first kappa shape index (κ1) is 19.7. The predicted molar refractivity (Wildman–Crippen MR) is 111 cm³/mol. The minimum atomic E-state index is -0.0890. The number of phenolic OH excluding ortho intramolecular Hbond substituents is 1. The van der Waals surface area contributed by atoms with Crippen molar-refractivity contribution in [3.8, 4) is 17.6 Å². The van der Waals surface area contributed by atoms with Gasteiger partial charge in [-0.25, -0.2) is 4.99 Å². The minimum absolute atomic E-state index is 0.0890. The van der Waals surface area contributed by atoms with Crippen molar-refractivity contribution in [2.75, 3.05) is 7.11 Å². The molecular formula is C21H23ClN2O2S. The molecule has 0 aliphatic heterocycles. The average molecular weight is 403 g/mol. The van der Waals surface area contributed by atoms with Crippen LogP contribution in [0.1, 0.15) is 48.8 Å². The lowest BCUT2D eigenvalue weighted by molar-refractivity contribution is 0.218. The van der Waals surface area contributed by atoms with Crippen molar-refractivity contribution in [2.45, 2.75) is 40.0 Å². The summed E-state index contributed by atoms with van der Waals surface area (Å²) in [7, 11) is 1.47. The van der Waals surface area contributed by atoms with Crippen LogP contribution in [0, 0.1) is 22.7 Å². The zero-order chi connectivity index (χ0) is 19.8. The normalized spacial score (nSPS) is 17.0. The Morgan fingerprint density at radius 2 is 2.15 bits per heavy atom. The molecule has 0 saturated heterocycles. The Kier molecular flexibility index (Phi) is 5.50. The molecule has 0 radical (unpaired) electrons. The third-order valence-corrected chi connectivity index (χ3v) is 6.64. The summed E-state index contributed by atoms with van der Waals surface area (Å²) < 4.78 is 5.13. The number of methoxy groups -OCH3 is 1. The molecule has 1 atom stereocenters. The number of hydrogen-bond donors (Lipinski definition) is 1. The second kappa shape index (κ2) is 7.53. The van der Waals surface area contributed by atoms with Crippen LogP contribution in [-0.4, -0.2) is 18.4 Å². The van der Waals surface area contributed by atoms with Gasteiger partial charge >= 0.3 is 0 Å². The predicted octanol–water partition coefficient (Wildman–Crippen LogP) is 5.89. The van der Waals surface area contributed by atoms with Crippen molar-refractivity contribution in [3.05, 3.63) is 38.7 Å². The lowest BCUT2D eigenvalue weighted by Crippen LogP contribution is -2.26. The summed E-state index contributed by atoms with van der Waals surface area (Å²) >= 11 is 7.65. The molecule has 1 aliphatic rings. The molecule has 1 aromatic carbocycles. The quantitative estimate of drug-likeness (QED) is 0.651. The summed E-state index contributed by atoms with van der Waals surface area (Å²) in [5, 5.41) is 20.4. The number of halogens is 1. The van der Waals surface area contributed by atoms with E-state index in [1.54, 1.807) is 29.7 Å². The molecule has 0 bridgehead atoms. The van der Waals surface area contributed by atoms with Crippen molar-refractivity contribution in [2.24, 2.45) is 16.3 Å². The molecule has 0 amide bonds. The number of nitriles is 1. The van der Waals surface area contributed by atoms with Gasteiger partial charge in [0.1, 0.15) is 11.1 Å². The van der Waals surface area contributed by atoms with Crippen molar-refractivity contribution < 1.29 is 9.84 Å². The maximum atomic E-state index is 9.85. The summed E-state index contributed by atoms with van der Waals surface area (Å²) in [5.41, 5.74) is 2.82. The van der Waals surface area contributed by atoms with Crippen LogP contribution in [0.2, 0.25) is 5.02 Å². The monoisotopic (exact) mass is 402 g/mol. The van der Waals surface area contributed by atoms with Gasteiger partial charge in [-0.05, 0) is 53.9 Å². The number of thiophene rings is 1. The Hall–Kier alpha value is -2.03. The van der Waals surface area contributed by atoms with Gasteiger partial charge in [0, 0.05) is 11.1 Å². The van der Waals surface area contributed by atoms with Crippen LogP contribution in [0.4, 0.5) is 5.00 Å². The molecule has 2 aromatic rings. The van der Waals surface area contributed by atoms with E-state index in [0.717, 1.165) is 29.8 Å². The third-order valence-electron chi connectivity index (χ3n) is 5.18. The highest BCUT2D eigenvalue weighted by Crippen LogP contribution is 2.45. The van der Waals surface area contributed by atoms with Crippen LogP contribution >= 0.6 is 22.9 Å². The van der Waals surface area contributed by atoms with Gasteiger partial charge in [-0.15, -0.1) is 11.3 Å². The highest BCUT2D eigenvalue weighted by atomic mass is 35.5. The molecule has 0 fully saturated rings. The van der Waals surface area contributed by atoms with Crippen LogP contribution < -0.4 is 4.74 Å². The van der Waals surface area contributed by atoms with E-state index < -0.39 is 0 Å². The van der Waals surface area contributed by atoms with Gasteiger partial charge < -0.3 is 9.84 Å². The molecular weight excluding hydrogens is 380 g/mol. The standard InChI is InChI=1S/C21H23ClN2O2S/c1-21(2,3)13-5-6-14-15(10-23)20(27-18(14)9-13)24-11-12-7-16(22)19(25)17(8-12)26-4/h7-8,11,13,25H,5-6,9H2,1-4H3/t13-/m1/s1. The second-order valence-corrected chi connectivity index (χ2v) is 9.40. The number of benzene rings is 1. The van der Waals surface area contributed by atoms with E-state index >= 15 is 0 Å². The van der Waals surface area contributed by atoms with E-state index in [4.69, 9.17) is 16.3 Å². The van der Waals surface area contributed by atoms with Crippen molar-refractivity contribution >= 4 is 34.2 Å². The third kappa shape index (κ3) is 3.97. The number of rotatable bonds is 3. The maximum absolute atomic E-state index is 9.85. The summed E-state index contributed by atoms with van der Waals surface area (Å²) in [6, 6.07) is 5.63. The van der Waals surface area contributed by atoms with E-state index in [1.165, 1.54) is 12.0 Å². The number of phenols is 1. The Labute approximate surface area is 169 Å². The van der Waals surface area contributed by atoms with Gasteiger partial charge in [-0.1, -0.05) is 32.4 Å². The zero-order valence-electron chi connectivity index (χ0n) is 16.0. The lowest BCUT2D eigenvalue weighted by Gasteiger charge is -2.33. The van der Waals surface area contributed by atoms with Gasteiger partial charge in [-0.3, -0.25) is 0 Å². The van der Waals surface area contributed by atoms with E-state index in [1.807, 2.05) is 0 Å². The first-order valence-electron chi connectivity index (χ1n) is 8.89. The molecule has 6 heteroatoms. The van der Waals surface area contributed by atoms with Gasteiger partial charge in [0.2, 0.25) is 0 Å². The average Bonchev–Trinajstić information content (AvgIpc) is 2.98. The molecule has 1 heterocycles. The van der Waals surface area contributed by atoms with Crippen LogP contribution in [0.5, 0.6) is 11.5 Å². The zero-order valence-corrected chi connectivity index (χ0v) is 17.5. The number of ether oxygens (including phenoxy) is 1. The number of aromatic hydroxyl groups is 1. The van der Waals surface area contributed by atoms with E-state index in [2.05, 4.69) is 31.8 Å². The number of hydrogen-bond acceptors (Lipinski definition) is 5. The van der Waals surface area contributed by atoms with Crippen LogP contribution in [0.25, 0.3) is 0 Å². The molecule has 27 heavy (non-hydrogen) atoms. The molecule has 1 aliphatic carbocycles.